The zero-order valence-corrected chi connectivity index (χ0v) is 16.0. The molecule has 1 atom stereocenters. The van der Waals surface area contributed by atoms with E-state index in [9.17, 15) is 19.2 Å². The van der Waals surface area contributed by atoms with Gasteiger partial charge in [-0.2, -0.15) is 0 Å². The van der Waals surface area contributed by atoms with Crippen molar-refractivity contribution in [1.82, 2.24) is 9.88 Å². The van der Waals surface area contributed by atoms with Crippen LogP contribution in [0.15, 0.2) is 60.8 Å². The number of ether oxygens (including phenoxy) is 1. The first kappa shape index (κ1) is 19.3. The van der Waals surface area contributed by atoms with Gasteiger partial charge in [-0.3, -0.25) is 29.1 Å². The molecule has 0 unspecified atom stereocenters. The number of hydrogen-bond acceptors (Lipinski definition) is 6. The fourth-order valence-corrected chi connectivity index (χ4v) is 3.38. The molecular weight excluding hydrogens is 386 g/mol. The second-order valence-corrected chi connectivity index (χ2v) is 6.71. The summed E-state index contributed by atoms with van der Waals surface area (Å²) in [4.78, 5) is 55.3. The molecule has 30 heavy (non-hydrogen) atoms. The predicted molar refractivity (Wildman–Crippen MR) is 108 cm³/mol. The van der Waals surface area contributed by atoms with Crippen molar-refractivity contribution >= 4 is 40.3 Å². The van der Waals surface area contributed by atoms with Crippen molar-refractivity contribution in [2.45, 2.75) is 13.0 Å². The minimum Gasteiger partial charge on any atom is -0.463 e. The average molecular weight is 403 g/mol. The lowest BCUT2D eigenvalue weighted by Crippen LogP contribution is -2.50. The lowest BCUT2D eigenvalue weighted by molar-refractivity contribution is -0.143. The maximum atomic E-state index is 13.1. The third-order valence-corrected chi connectivity index (χ3v) is 4.77. The number of esters is 1. The average Bonchev–Trinajstić information content (AvgIpc) is 2.99. The number of fused-ring (bicyclic) bond motifs is 2. The quantitative estimate of drug-likeness (QED) is 0.518. The van der Waals surface area contributed by atoms with Gasteiger partial charge in [0.2, 0.25) is 0 Å². The van der Waals surface area contributed by atoms with E-state index < -0.39 is 36.3 Å². The molecule has 0 spiro atoms. The van der Waals surface area contributed by atoms with Crippen LogP contribution in [0, 0.1) is 0 Å². The highest BCUT2D eigenvalue weighted by atomic mass is 16.5. The second kappa shape index (κ2) is 7.75. The molecule has 0 radical (unpaired) electrons. The van der Waals surface area contributed by atoms with Gasteiger partial charge in [-0.1, -0.05) is 30.3 Å². The molecule has 3 amide bonds. The van der Waals surface area contributed by atoms with Crippen LogP contribution in [-0.2, 0) is 14.3 Å². The third-order valence-electron chi connectivity index (χ3n) is 4.77. The van der Waals surface area contributed by atoms with Crippen LogP contribution < -0.4 is 5.32 Å². The Labute approximate surface area is 171 Å². The highest BCUT2D eigenvalue weighted by Crippen LogP contribution is 2.26. The van der Waals surface area contributed by atoms with E-state index in [2.05, 4.69) is 10.3 Å². The van der Waals surface area contributed by atoms with Crippen molar-refractivity contribution < 1.29 is 23.9 Å². The summed E-state index contributed by atoms with van der Waals surface area (Å²) in [5, 5.41) is 3.53. The van der Waals surface area contributed by atoms with E-state index in [1.807, 2.05) is 12.1 Å². The van der Waals surface area contributed by atoms with Gasteiger partial charge in [0.1, 0.15) is 6.61 Å². The molecule has 8 nitrogen and oxygen atoms in total. The predicted octanol–water partition coefficient (Wildman–Crippen LogP) is 2.40. The van der Waals surface area contributed by atoms with Crippen molar-refractivity contribution in [2.24, 2.45) is 0 Å². The number of carbonyl (C=O) groups excluding carboxylic acids is 4. The number of imide groups is 1. The Morgan fingerprint density at radius 2 is 1.67 bits per heavy atom. The van der Waals surface area contributed by atoms with Gasteiger partial charge in [-0.25, -0.2) is 0 Å². The van der Waals surface area contributed by atoms with Crippen LogP contribution in [0.25, 0.3) is 10.9 Å². The van der Waals surface area contributed by atoms with Crippen LogP contribution in [0.2, 0.25) is 0 Å². The van der Waals surface area contributed by atoms with E-state index >= 15 is 0 Å². The lowest BCUT2D eigenvalue weighted by atomic mass is 10.1. The first-order valence-electron chi connectivity index (χ1n) is 9.22. The molecule has 3 aromatic rings. The summed E-state index contributed by atoms with van der Waals surface area (Å²) in [7, 11) is 0. The Bertz CT molecular complexity index is 1150. The van der Waals surface area contributed by atoms with Gasteiger partial charge in [0.05, 0.1) is 22.3 Å². The van der Waals surface area contributed by atoms with E-state index in [0.717, 1.165) is 10.3 Å². The summed E-state index contributed by atoms with van der Waals surface area (Å²) in [5.41, 5.74) is 1.38. The largest absolute Gasteiger partial charge is 0.463 e. The van der Waals surface area contributed by atoms with Crippen LogP contribution in [0.4, 0.5) is 5.69 Å². The molecular formula is C22H17N3O5. The Balaban J connectivity index is 1.67. The van der Waals surface area contributed by atoms with E-state index in [4.69, 9.17) is 4.74 Å². The number of carbonyl (C=O) groups is 4. The smallest absolute Gasteiger partial charge is 0.302 e. The maximum absolute atomic E-state index is 13.1. The molecule has 1 aliphatic heterocycles. The van der Waals surface area contributed by atoms with E-state index in [0.29, 0.717) is 11.2 Å². The normalized spacial score (nSPS) is 13.8. The molecule has 4 rings (SSSR count). The van der Waals surface area contributed by atoms with Gasteiger partial charge in [0, 0.05) is 18.5 Å². The number of rotatable bonds is 5. The summed E-state index contributed by atoms with van der Waals surface area (Å²) >= 11 is 0. The fourth-order valence-electron chi connectivity index (χ4n) is 3.38. The monoisotopic (exact) mass is 403 g/mol. The molecule has 2 heterocycles. The highest BCUT2D eigenvalue weighted by molar-refractivity contribution is 6.23. The summed E-state index contributed by atoms with van der Waals surface area (Å²) in [5.74, 6) is -2.52. The van der Waals surface area contributed by atoms with Crippen molar-refractivity contribution in [2.75, 3.05) is 11.9 Å². The van der Waals surface area contributed by atoms with Crippen molar-refractivity contribution in [1.29, 1.82) is 0 Å². The molecule has 150 valence electrons. The van der Waals surface area contributed by atoms with Crippen LogP contribution in [-0.4, -0.2) is 46.2 Å². The summed E-state index contributed by atoms with van der Waals surface area (Å²) < 4.78 is 5.00. The van der Waals surface area contributed by atoms with Gasteiger partial charge in [-0.15, -0.1) is 0 Å². The molecule has 8 heteroatoms. The van der Waals surface area contributed by atoms with Crippen LogP contribution in [0.5, 0.6) is 0 Å². The van der Waals surface area contributed by atoms with Crippen molar-refractivity contribution in [3.8, 4) is 0 Å². The lowest BCUT2D eigenvalue weighted by Gasteiger charge is -2.25. The number of para-hydroxylation sites is 1. The number of anilines is 1. The topological polar surface area (TPSA) is 106 Å². The first-order chi connectivity index (χ1) is 14.5. The van der Waals surface area contributed by atoms with Gasteiger partial charge in [0.15, 0.2) is 6.04 Å². The van der Waals surface area contributed by atoms with Gasteiger partial charge in [-0.05, 0) is 24.3 Å². The number of nitrogens with zero attached hydrogens (tertiary/aromatic N) is 2. The standard InChI is InChI=1S/C22H17N3O5/c1-13(26)30-12-18(25-21(28)15-8-2-3-9-16(15)22(25)29)20(27)24-17-10-4-6-14-7-5-11-23-19(14)17/h2-11,18H,12H2,1H3,(H,24,27)/t18-/m0/s1. The maximum Gasteiger partial charge on any atom is 0.302 e. The van der Waals surface area contributed by atoms with Crippen molar-refractivity contribution in [3.63, 3.8) is 0 Å². The Morgan fingerprint density at radius 1 is 1.00 bits per heavy atom. The van der Waals surface area contributed by atoms with Crippen LogP contribution in [0.3, 0.4) is 0 Å². The fraction of sp³-hybridized carbons (Fsp3) is 0.136. The number of aromatic nitrogens is 1. The molecule has 1 N–H and O–H groups in total. The van der Waals surface area contributed by atoms with Gasteiger partial charge >= 0.3 is 5.97 Å². The van der Waals surface area contributed by atoms with E-state index in [1.165, 1.54) is 19.1 Å². The molecule has 0 bridgehead atoms. The van der Waals surface area contributed by atoms with Crippen molar-refractivity contribution in [3.05, 3.63) is 71.9 Å². The Morgan fingerprint density at radius 3 is 2.33 bits per heavy atom. The zero-order chi connectivity index (χ0) is 21.3. The summed E-state index contributed by atoms with van der Waals surface area (Å²) in [6.45, 7) is 0.733. The Kier molecular flexibility index (Phi) is 4.97. The highest BCUT2D eigenvalue weighted by Gasteiger charge is 2.43. The second-order valence-electron chi connectivity index (χ2n) is 6.71. The Hall–Kier alpha value is -4.07. The molecule has 0 saturated heterocycles. The molecule has 1 aromatic heterocycles. The molecule has 0 aliphatic carbocycles. The SMILES string of the molecule is CC(=O)OC[C@@H](C(=O)Nc1cccc2cccnc12)N1C(=O)c2ccccc2C1=O. The van der Waals surface area contributed by atoms with Crippen LogP contribution >= 0.6 is 0 Å². The zero-order valence-electron chi connectivity index (χ0n) is 16.0. The van der Waals surface area contributed by atoms with Gasteiger partial charge < -0.3 is 10.1 Å². The molecule has 1 aliphatic rings. The van der Waals surface area contributed by atoms with E-state index in [1.54, 1.807) is 36.5 Å². The van der Waals surface area contributed by atoms with Crippen LogP contribution in [0.1, 0.15) is 27.6 Å². The summed E-state index contributed by atoms with van der Waals surface area (Å²) in [6.07, 6.45) is 1.60. The molecule has 0 saturated carbocycles. The number of hydrogen-bond donors (Lipinski definition) is 1. The summed E-state index contributed by atoms with van der Waals surface area (Å²) in [6, 6.07) is 13.9. The molecule has 2 aromatic carbocycles. The number of nitrogens with one attached hydrogen (secondary N) is 1. The van der Waals surface area contributed by atoms with Gasteiger partial charge in [0.25, 0.3) is 17.7 Å². The first-order valence-corrected chi connectivity index (χ1v) is 9.22. The third kappa shape index (κ3) is 3.39. The van der Waals surface area contributed by atoms with E-state index in [-0.39, 0.29) is 11.1 Å². The number of benzene rings is 2. The minimum absolute atomic E-state index is 0.204. The number of amides is 3. The minimum atomic E-state index is -1.33. The number of pyridine rings is 1. The molecule has 0 fully saturated rings.